The highest BCUT2D eigenvalue weighted by Gasteiger charge is 2.38. The molecule has 2 aliphatic heterocycles. The van der Waals surface area contributed by atoms with E-state index in [2.05, 4.69) is 20.3 Å². The summed E-state index contributed by atoms with van der Waals surface area (Å²) in [6.07, 6.45) is -0.564. The number of H-pyrrole nitrogens is 1. The first-order chi connectivity index (χ1) is 20.2. The molecule has 13 heteroatoms. The van der Waals surface area contributed by atoms with E-state index in [-0.39, 0.29) is 35.7 Å². The Balaban J connectivity index is 1.40. The molecule has 0 unspecified atom stereocenters. The third-order valence-corrected chi connectivity index (χ3v) is 7.96. The summed E-state index contributed by atoms with van der Waals surface area (Å²) in [4.78, 5) is 40.1. The zero-order chi connectivity index (χ0) is 31.2. The zero-order valence-corrected chi connectivity index (χ0v) is 24.7. The van der Waals surface area contributed by atoms with E-state index in [1.54, 1.807) is 48.8 Å². The topological polar surface area (TPSA) is 124 Å². The van der Waals surface area contributed by atoms with Crippen LogP contribution in [-0.2, 0) is 10.9 Å². The number of piperidine rings is 1. The van der Waals surface area contributed by atoms with E-state index in [4.69, 9.17) is 4.74 Å². The molecule has 2 saturated heterocycles. The molecule has 2 fully saturated rings. The molecular formula is C30H37F3N6O4. The van der Waals surface area contributed by atoms with E-state index in [9.17, 15) is 27.9 Å². The summed E-state index contributed by atoms with van der Waals surface area (Å²) in [6.45, 7) is 8.70. The van der Waals surface area contributed by atoms with Crippen LogP contribution in [0.5, 0.6) is 0 Å². The minimum absolute atomic E-state index is 0.0117. The first-order valence-electron chi connectivity index (χ1n) is 14.5. The van der Waals surface area contributed by atoms with Crippen LogP contribution in [0, 0.1) is 0 Å². The maximum atomic E-state index is 14.1. The summed E-state index contributed by atoms with van der Waals surface area (Å²) in [5.74, 6) is -0.238. The number of alkyl halides is 3. The van der Waals surface area contributed by atoms with Crippen molar-refractivity contribution in [3.8, 4) is 11.3 Å². The molecule has 2 atom stereocenters. The number of rotatable bonds is 5. The van der Waals surface area contributed by atoms with E-state index >= 15 is 0 Å². The van der Waals surface area contributed by atoms with E-state index < -0.39 is 29.0 Å². The average Bonchev–Trinajstić information content (AvgIpc) is 3.55. The van der Waals surface area contributed by atoms with Crippen LogP contribution in [0.3, 0.4) is 0 Å². The standard InChI is InChI=1S/C30H37F3N6O4/c1-5-29(42)10-12-39(17-29)25(40)18-8-9-20-21(14-34-23(20)13-18)24-22(30(31,32)33)15-35-26(37-24)36-19-7-6-11-38(16-19)27(41)43-28(2,3)4/h8-9,13-15,19,34,42H,5-7,10-12,16-17H2,1-4H3,(H,35,36,37)/t19-,29-/m0/s1. The molecule has 10 nitrogen and oxygen atoms in total. The normalized spacial score (nSPS) is 21.3. The summed E-state index contributed by atoms with van der Waals surface area (Å²) in [5.41, 5.74) is -1.78. The molecule has 1 aromatic carbocycles. The highest BCUT2D eigenvalue weighted by molar-refractivity contribution is 6.02. The Kier molecular flexibility index (Phi) is 8.05. The van der Waals surface area contributed by atoms with E-state index in [1.165, 1.54) is 6.20 Å². The molecule has 0 bridgehead atoms. The van der Waals surface area contributed by atoms with Crippen molar-refractivity contribution in [1.29, 1.82) is 0 Å². The van der Waals surface area contributed by atoms with Crippen LogP contribution in [0.2, 0.25) is 0 Å². The van der Waals surface area contributed by atoms with Gasteiger partial charge in [0.1, 0.15) is 11.2 Å². The maximum absolute atomic E-state index is 14.1. The second kappa shape index (κ2) is 11.3. The van der Waals surface area contributed by atoms with E-state index in [1.807, 2.05) is 6.92 Å². The lowest BCUT2D eigenvalue weighted by molar-refractivity contribution is -0.137. The number of nitrogens with zero attached hydrogens (tertiary/aromatic N) is 4. The SMILES string of the molecule is CC[C@]1(O)CCN(C(=O)c2ccc3c(-c4nc(N[C@H]5CCCN(C(=O)OC(C)(C)C)C5)ncc4C(F)(F)F)c[nH]c3c2)C1. The molecule has 3 N–H and O–H groups in total. The van der Waals surface area contributed by atoms with Gasteiger partial charge in [0.25, 0.3) is 5.91 Å². The van der Waals surface area contributed by atoms with Crippen molar-refractivity contribution < 1.29 is 32.6 Å². The Morgan fingerprint density at radius 3 is 2.65 bits per heavy atom. The number of ether oxygens (including phenoxy) is 1. The molecule has 43 heavy (non-hydrogen) atoms. The predicted octanol–water partition coefficient (Wildman–Crippen LogP) is 5.44. The van der Waals surface area contributed by atoms with Gasteiger partial charge in [0.15, 0.2) is 0 Å². The fourth-order valence-electron chi connectivity index (χ4n) is 5.59. The third-order valence-electron chi connectivity index (χ3n) is 7.96. The number of β-amino-alcohol motifs (C(OH)–C–C–N with tert-alkyl or cyclic N) is 1. The van der Waals surface area contributed by atoms with Crippen LogP contribution < -0.4 is 5.32 Å². The predicted molar refractivity (Wildman–Crippen MR) is 155 cm³/mol. The third kappa shape index (κ3) is 6.71. The lowest BCUT2D eigenvalue weighted by Gasteiger charge is -2.34. The van der Waals surface area contributed by atoms with Gasteiger partial charge in [0.05, 0.1) is 11.3 Å². The van der Waals surface area contributed by atoms with Crippen molar-refractivity contribution in [3.05, 3.63) is 41.7 Å². The number of aliphatic hydroxyl groups is 1. The smallest absolute Gasteiger partial charge is 0.419 e. The highest BCUT2D eigenvalue weighted by Crippen LogP contribution is 2.39. The van der Waals surface area contributed by atoms with Gasteiger partial charge in [-0.15, -0.1) is 0 Å². The van der Waals surface area contributed by atoms with Crippen molar-refractivity contribution in [3.63, 3.8) is 0 Å². The molecule has 0 spiro atoms. The first-order valence-corrected chi connectivity index (χ1v) is 14.5. The molecule has 4 heterocycles. The Bertz CT molecular complexity index is 1520. The van der Waals surface area contributed by atoms with Gasteiger partial charge in [-0.3, -0.25) is 4.79 Å². The van der Waals surface area contributed by atoms with Gasteiger partial charge in [0, 0.05) is 66.6 Å². The summed E-state index contributed by atoms with van der Waals surface area (Å²) < 4.78 is 47.8. The van der Waals surface area contributed by atoms with E-state index in [0.717, 1.165) is 6.20 Å². The molecule has 2 aromatic heterocycles. The number of halogens is 3. The van der Waals surface area contributed by atoms with Crippen molar-refractivity contribution in [2.24, 2.45) is 0 Å². The number of anilines is 1. The quantitative estimate of drug-likeness (QED) is 0.355. The molecular weight excluding hydrogens is 565 g/mol. The van der Waals surface area contributed by atoms with Crippen molar-refractivity contribution in [2.45, 2.75) is 76.8 Å². The monoisotopic (exact) mass is 602 g/mol. The van der Waals surface area contributed by atoms with Gasteiger partial charge in [-0.1, -0.05) is 13.0 Å². The molecule has 0 radical (unpaired) electrons. The van der Waals surface area contributed by atoms with Gasteiger partial charge in [-0.25, -0.2) is 14.8 Å². The lowest BCUT2D eigenvalue weighted by atomic mass is 10.0. The van der Waals surface area contributed by atoms with Crippen LogP contribution in [0.4, 0.5) is 23.9 Å². The minimum atomic E-state index is -4.71. The van der Waals surface area contributed by atoms with Gasteiger partial charge < -0.3 is 29.9 Å². The van der Waals surface area contributed by atoms with Crippen molar-refractivity contribution in [2.75, 3.05) is 31.5 Å². The van der Waals surface area contributed by atoms with Crippen LogP contribution in [-0.4, -0.2) is 85.3 Å². The molecule has 0 saturated carbocycles. The Morgan fingerprint density at radius 2 is 1.98 bits per heavy atom. The fourth-order valence-corrected chi connectivity index (χ4v) is 5.59. The number of benzene rings is 1. The van der Waals surface area contributed by atoms with Gasteiger partial charge in [-0.05, 0) is 58.6 Å². The first kappa shape index (κ1) is 30.6. The molecule has 2 amide bonds. The molecule has 5 rings (SSSR count). The fraction of sp³-hybridized carbons (Fsp3) is 0.533. The Labute approximate surface area is 247 Å². The van der Waals surface area contributed by atoms with Crippen LogP contribution in [0.15, 0.2) is 30.6 Å². The lowest BCUT2D eigenvalue weighted by Crippen LogP contribution is -2.47. The number of fused-ring (bicyclic) bond motifs is 1. The number of aromatic nitrogens is 3. The van der Waals surface area contributed by atoms with Crippen molar-refractivity contribution >= 4 is 28.9 Å². The molecule has 232 valence electrons. The Hall–Kier alpha value is -3.87. The number of amides is 2. The van der Waals surface area contributed by atoms with Crippen LogP contribution in [0.25, 0.3) is 22.2 Å². The Morgan fingerprint density at radius 1 is 1.21 bits per heavy atom. The second-order valence-corrected chi connectivity index (χ2v) is 12.4. The van der Waals surface area contributed by atoms with Crippen LogP contribution >= 0.6 is 0 Å². The minimum Gasteiger partial charge on any atom is -0.444 e. The number of nitrogens with one attached hydrogen (secondary N) is 2. The highest BCUT2D eigenvalue weighted by atomic mass is 19.4. The summed E-state index contributed by atoms with van der Waals surface area (Å²) in [5, 5.41) is 14.1. The van der Waals surface area contributed by atoms with Gasteiger partial charge in [0.2, 0.25) is 5.95 Å². The molecule has 2 aliphatic rings. The number of hydrogen-bond acceptors (Lipinski definition) is 7. The summed E-state index contributed by atoms with van der Waals surface area (Å²) in [7, 11) is 0. The number of carbonyl (C=O) groups is 2. The largest absolute Gasteiger partial charge is 0.444 e. The average molecular weight is 603 g/mol. The van der Waals surface area contributed by atoms with Gasteiger partial charge in [-0.2, -0.15) is 13.2 Å². The molecule has 0 aliphatic carbocycles. The number of hydrogen-bond donors (Lipinski definition) is 3. The molecule has 3 aromatic rings. The second-order valence-electron chi connectivity index (χ2n) is 12.4. The summed E-state index contributed by atoms with van der Waals surface area (Å²) >= 11 is 0. The van der Waals surface area contributed by atoms with Gasteiger partial charge >= 0.3 is 12.3 Å². The number of aromatic amines is 1. The van der Waals surface area contributed by atoms with Crippen molar-refractivity contribution in [1.82, 2.24) is 24.8 Å². The van der Waals surface area contributed by atoms with E-state index in [0.29, 0.717) is 61.8 Å². The zero-order valence-electron chi connectivity index (χ0n) is 24.7. The van der Waals surface area contributed by atoms with Crippen LogP contribution in [0.1, 0.15) is 69.3 Å². The number of likely N-dealkylation sites (tertiary alicyclic amines) is 2. The maximum Gasteiger partial charge on any atom is 0.419 e. The summed E-state index contributed by atoms with van der Waals surface area (Å²) in [6, 6.07) is 4.50. The number of carbonyl (C=O) groups excluding carboxylic acids is 2.